The Morgan fingerprint density at radius 3 is 2.54 bits per heavy atom. The van der Waals surface area contributed by atoms with Crippen molar-refractivity contribution in [3.63, 3.8) is 0 Å². The van der Waals surface area contributed by atoms with Crippen LogP contribution < -0.4 is 10.1 Å². The van der Waals surface area contributed by atoms with Crippen LogP contribution in [0.25, 0.3) is 11.1 Å². The Morgan fingerprint density at radius 2 is 1.92 bits per heavy atom. The summed E-state index contributed by atoms with van der Waals surface area (Å²) in [6.45, 7) is 8.34. The monoisotopic (exact) mass is 500 g/mol. The Morgan fingerprint density at radius 1 is 1.16 bits per heavy atom. The average molecular weight is 501 g/mol. The third-order valence-electron chi connectivity index (χ3n) is 7.67. The standard InChI is InChI=1S/C31H36N2O4/c1-18-14-21(37-13-12-31(3,4)36)15-19(2)29(18)24-7-5-6-23-22(24)9-10-27(23)33-28-11-8-20(17-32-28)25-16-26(25)30(34)35/h5-8,11,14-15,17,25-27,36H,9-10,12-13,16H2,1-4H3,(H,32,33)(H,34,35). The summed E-state index contributed by atoms with van der Waals surface area (Å²) in [6.07, 6.45) is 5.09. The molecule has 0 bridgehead atoms. The predicted molar refractivity (Wildman–Crippen MR) is 145 cm³/mol. The Balaban J connectivity index is 1.32. The van der Waals surface area contributed by atoms with Crippen LogP contribution in [0.3, 0.4) is 0 Å². The molecule has 1 fully saturated rings. The van der Waals surface area contributed by atoms with E-state index in [9.17, 15) is 15.0 Å². The van der Waals surface area contributed by atoms with E-state index in [1.165, 1.54) is 33.4 Å². The molecule has 6 heteroatoms. The van der Waals surface area contributed by atoms with E-state index in [2.05, 4.69) is 54.5 Å². The van der Waals surface area contributed by atoms with Crippen molar-refractivity contribution in [2.75, 3.05) is 11.9 Å². The van der Waals surface area contributed by atoms with Crippen molar-refractivity contribution < 1.29 is 19.7 Å². The third kappa shape index (κ3) is 5.49. The number of aliphatic carboxylic acids is 1. The van der Waals surface area contributed by atoms with E-state index < -0.39 is 11.6 Å². The number of carbonyl (C=O) groups is 1. The first-order valence-corrected chi connectivity index (χ1v) is 13.1. The van der Waals surface area contributed by atoms with E-state index >= 15 is 0 Å². The number of fused-ring (bicyclic) bond motifs is 1. The van der Waals surface area contributed by atoms with Gasteiger partial charge in [0.2, 0.25) is 0 Å². The van der Waals surface area contributed by atoms with E-state index in [0.717, 1.165) is 30.0 Å². The molecule has 5 rings (SSSR count). The number of carboxylic acids is 1. The van der Waals surface area contributed by atoms with Gasteiger partial charge in [-0.1, -0.05) is 24.3 Å². The maximum absolute atomic E-state index is 11.2. The molecular formula is C31H36N2O4. The highest BCUT2D eigenvalue weighted by atomic mass is 16.5. The quantitative estimate of drug-likeness (QED) is 0.324. The van der Waals surface area contributed by atoms with E-state index in [-0.39, 0.29) is 17.9 Å². The summed E-state index contributed by atoms with van der Waals surface area (Å²) in [6, 6.07) is 14.9. The van der Waals surface area contributed by atoms with Crippen LogP contribution in [0.15, 0.2) is 48.7 Å². The number of aliphatic hydroxyl groups is 1. The van der Waals surface area contributed by atoms with Crippen molar-refractivity contribution in [3.05, 3.63) is 76.5 Å². The van der Waals surface area contributed by atoms with Crippen LogP contribution in [0.1, 0.15) is 72.9 Å². The number of benzene rings is 2. The number of aromatic nitrogens is 1. The molecule has 1 heterocycles. The largest absolute Gasteiger partial charge is 0.493 e. The van der Waals surface area contributed by atoms with E-state index in [0.29, 0.717) is 19.4 Å². The number of ether oxygens (including phenoxy) is 1. The van der Waals surface area contributed by atoms with Crippen molar-refractivity contribution in [2.45, 2.75) is 70.9 Å². The molecule has 3 unspecified atom stereocenters. The highest BCUT2D eigenvalue weighted by molar-refractivity contribution is 5.77. The van der Waals surface area contributed by atoms with Crippen molar-refractivity contribution >= 4 is 11.8 Å². The topological polar surface area (TPSA) is 91.7 Å². The molecule has 37 heavy (non-hydrogen) atoms. The number of carboxylic acid groups (broad SMARTS) is 1. The summed E-state index contributed by atoms with van der Waals surface area (Å²) < 4.78 is 5.95. The minimum atomic E-state index is -0.739. The molecule has 2 aliphatic rings. The highest BCUT2D eigenvalue weighted by Gasteiger charge is 2.44. The number of anilines is 1. The van der Waals surface area contributed by atoms with Gasteiger partial charge in [-0.05, 0) is 110 Å². The lowest BCUT2D eigenvalue weighted by Gasteiger charge is -2.20. The van der Waals surface area contributed by atoms with Gasteiger partial charge in [-0.15, -0.1) is 0 Å². The fourth-order valence-corrected chi connectivity index (χ4v) is 5.61. The second-order valence-corrected chi connectivity index (χ2v) is 11.2. The second-order valence-electron chi connectivity index (χ2n) is 11.2. The Hall–Kier alpha value is -3.38. The fourth-order valence-electron chi connectivity index (χ4n) is 5.61. The number of pyridine rings is 1. The molecule has 2 aliphatic carbocycles. The summed E-state index contributed by atoms with van der Waals surface area (Å²) in [5, 5.41) is 22.7. The maximum atomic E-state index is 11.2. The van der Waals surface area contributed by atoms with Crippen molar-refractivity contribution in [1.29, 1.82) is 0 Å². The third-order valence-corrected chi connectivity index (χ3v) is 7.67. The molecule has 6 nitrogen and oxygen atoms in total. The lowest BCUT2D eigenvalue weighted by atomic mass is 9.90. The first-order valence-electron chi connectivity index (χ1n) is 13.1. The van der Waals surface area contributed by atoms with Gasteiger partial charge < -0.3 is 20.3 Å². The number of aryl methyl sites for hydroxylation is 2. The Kier molecular flexibility index (Phi) is 6.71. The molecule has 0 radical (unpaired) electrons. The van der Waals surface area contributed by atoms with Gasteiger partial charge >= 0.3 is 5.97 Å². The van der Waals surface area contributed by atoms with Crippen molar-refractivity contribution in [3.8, 4) is 16.9 Å². The first-order chi connectivity index (χ1) is 17.6. The Labute approximate surface area is 218 Å². The van der Waals surface area contributed by atoms with Crippen LogP contribution in [-0.2, 0) is 11.2 Å². The smallest absolute Gasteiger partial charge is 0.307 e. The SMILES string of the molecule is Cc1cc(OCCC(C)(C)O)cc(C)c1-c1cccc2c1CCC2Nc1ccc(C2CC2C(=O)O)cn1. The van der Waals surface area contributed by atoms with E-state index in [1.807, 2.05) is 18.3 Å². The molecule has 0 spiro atoms. The number of nitrogens with zero attached hydrogens (tertiary/aromatic N) is 1. The molecule has 2 aromatic carbocycles. The van der Waals surface area contributed by atoms with Crippen LogP contribution in [0.2, 0.25) is 0 Å². The van der Waals surface area contributed by atoms with Crippen LogP contribution in [0, 0.1) is 19.8 Å². The number of hydrogen-bond donors (Lipinski definition) is 3. The zero-order valence-electron chi connectivity index (χ0n) is 22.0. The second kappa shape index (κ2) is 9.82. The summed E-state index contributed by atoms with van der Waals surface area (Å²) in [7, 11) is 0. The number of nitrogens with one attached hydrogen (secondary N) is 1. The van der Waals surface area contributed by atoms with Gasteiger partial charge in [-0.3, -0.25) is 4.79 Å². The molecule has 0 aliphatic heterocycles. The normalized spacial score (nSPS) is 20.4. The van der Waals surface area contributed by atoms with Gasteiger partial charge in [0, 0.05) is 12.6 Å². The van der Waals surface area contributed by atoms with E-state index in [1.54, 1.807) is 13.8 Å². The molecule has 1 saturated carbocycles. The fraction of sp³-hybridized carbons (Fsp3) is 0.419. The molecule has 3 N–H and O–H groups in total. The van der Waals surface area contributed by atoms with Crippen molar-refractivity contribution in [2.24, 2.45) is 5.92 Å². The van der Waals surface area contributed by atoms with Crippen LogP contribution >= 0.6 is 0 Å². The van der Waals surface area contributed by atoms with Gasteiger partial charge in [0.05, 0.1) is 24.2 Å². The molecule has 3 aromatic rings. The lowest BCUT2D eigenvalue weighted by Crippen LogP contribution is -2.21. The van der Waals surface area contributed by atoms with Gasteiger partial charge in [0.1, 0.15) is 11.6 Å². The first kappa shape index (κ1) is 25.3. The predicted octanol–water partition coefficient (Wildman–Crippen LogP) is 6.19. The van der Waals surface area contributed by atoms with Gasteiger partial charge in [0.25, 0.3) is 0 Å². The number of hydrogen-bond acceptors (Lipinski definition) is 5. The minimum absolute atomic E-state index is 0.0959. The highest BCUT2D eigenvalue weighted by Crippen LogP contribution is 2.47. The van der Waals surface area contributed by atoms with Gasteiger partial charge in [-0.2, -0.15) is 0 Å². The van der Waals surface area contributed by atoms with Crippen LogP contribution in [0.4, 0.5) is 5.82 Å². The van der Waals surface area contributed by atoms with Gasteiger partial charge in [-0.25, -0.2) is 4.98 Å². The molecule has 3 atom stereocenters. The molecular weight excluding hydrogens is 464 g/mol. The van der Waals surface area contributed by atoms with Gasteiger partial charge in [0.15, 0.2) is 0 Å². The van der Waals surface area contributed by atoms with Crippen LogP contribution in [-0.4, -0.2) is 33.4 Å². The lowest BCUT2D eigenvalue weighted by molar-refractivity contribution is -0.138. The maximum Gasteiger partial charge on any atom is 0.307 e. The number of rotatable bonds is 9. The molecule has 194 valence electrons. The summed E-state index contributed by atoms with van der Waals surface area (Å²) in [5.41, 5.74) is 7.84. The van der Waals surface area contributed by atoms with Crippen LogP contribution in [0.5, 0.6) is 5.75 Å². The zero-order valence-corrected chi connectivity index (χ0v) is 22.0. The molecule has 0 saturated heterocycles. The summed E-state index contributed by atoms with van der Waals surface area (Å²) in [4.78, 5) is 15.8. The average Bonchev–Trinajstić information content (AvgIpc) is 3.53. The summed E-state index contributed by atoms with van der Waals surface area (Å²) >= 11 is 0. The van der Waals surface area contributed by atoms with Crippen molar-refractivity contribution in [1.82, 2.24) is 4.98 Å². The van der Waals surface area contributed by atoms with E-state index in [4.69, 9.17) is 4.74 Å². The molecule has 1 aromatic heterocycles. The minimum Gasteiger partial charge on any atom is -0.493 e. The zero-order chi connectivity index (χ0) is 26.3. The molecule has 0 amide bonds. The Bertz CT molecular complexity index is 1290. The summed E-state index contributed by atoms with van der Waals surface area (Å²) in [5.74, 6) is 0.772.